The van der Waals surface area contributed by atoms with E-state index in [1.54, 1.807) is 7.11 Å². The molecule has 0 rings (SSSR count). The molecule has 1 N–H and O–H groups in total. The molecule has 21 heavy (non-hydrogen) atoms. The van der Waals surface area contributed by atoms with Gasteiger partial charge >= 0.3 is 5.97 Å². The van der Waals surface area contributed by atoms with Gasteiger partial charge in [0.05, 0.1) is 53.4 Å². The molecule has 0 spiro atoms. The van der Waals surface area contributed by atoms with Crippen molar-refractivity contribution in [3.05, 3.63) is 0 Å². The van der Waals surface area contributed by atoms with Gasteiger partial charge in [-0.15, -0.1) is 0 Å². The summed E-state index contributed by atoms with van der Waals surface area (Å²) in [6.07, 6.45) is 0.944. The standard InChI is InChI=1S/C14H29NO6/c1-4-5-15-13(14(16)18-3)12-21-11-10-20-9-8-19-7-6-17-2/h13,15H,4-12H2,1-3H3. The Morgan fingerprint density at radius 1 is 0.952 bits per heavy atom. The summed E-state index contributed by atoms with van der Waals surface area (Å²) >= 11 is 0. The van der Waals surface area contributed by atoms with Crippen LogP contribution in [0.25, 0.3) is 0 Å². The van der Waals surface area contributed by atoms with E-state index in [4.69, 9.17) is 23.7 Å². The molecule has 1 unspecified atom stereocenters. The molecule has 0 aliphatic heterocycles. The molecule has 0 aromatic carbocycles. The highest BCUT2D eigenvalue weighted by Gasteiger charge is 2.17. The van der Waals surface area contributed by atoms with Gasteiger partial charge in [-0.25, -0.2) is 0 Å². The van der Waals surface area contributed by atoms with Crippen molar-refractivity contribution in [3.63, 3.8) is 0 Å². The molecular weight excluding hydrogens is 278 g/mol. The molecule has 7 heteroatoms. The number of nitrogens with one attached hydrogen (secondary N) is 1. The number of ether oxygens (including phenoxy) is 5. The third-order valence-electron chi connectivity index (χ3n) is 2.59. The monoisotopic (exact) mass is 307 g/mol. The van der Waals surface area contributed by atoms with E-state index in [0.717, 1.165) is 13.0 Å². The molecule has 0 saturated carbocycles. The summed E-state index contributed by atoms with van der Waals surface area (Å²) in [7, 11) is 3.00. The van der Waals surface area contributed by atoms with Crippen LogP contribution in [0.5, 0.6) is 0 Å². The lowest BCUT2D eigenvalue weighted by molar-refractivity contribution is -0.145. The first-order valence-electron chi connectivity index (χ1n) is 7.29. The van der Waals surface area contributed by atoms with Gasteiger partial charge in [0.25, 0.3) is 0 Å². The largest absolute Gasteiger partial charge is 0.468 e. The molecule has 0 aliphatic carbocycles. The minimum absolute atomic E-state index is 0.278. The van der Waals surface area contributed by atoms with Gasteiger partial charge in [-0.05, 0) is 13.0 Å². The number of esters is 1. The van der Waals surface area contributed by atoms with Gasteiger partial charge in [-0.2, -0.15) is 0 Å². The molecule has 0 aromatic rings. The van der Waals surface area contributed by atoms with Crippen molar-refractivity contribution < 1.29 is 28.5 Å². The maximum Gasteiger partial charge on any atom is 0.325 e. The second-order valence-electron chi connectivity index (χ2n) is 4.32. The first kappa shape index (κ1) is 20.3. The second-order valence-corrected chi connectivity index (χ2v) is 4.32. The first-order chi connectivity index (χ1) is 10.3. The predicted octanol–water partition coefficient (Wildman–Crippen LogP) is 0.224. The number of carbonyl (C=O) groups excluding carboxylic acids is 1. The molecule has 0 aliphatic rings. The molecule has 0 fully saturated rings. The third-order valence-corrected chi connectivity index (χ3v) is 2.59. The molecule has 126 valence electrons. The molecule has 0 heterocycles. The second kappa shape index (κ2) is 15.7. The van der Waals surface area contributed by atoms with Gasteiger partial charge in [0.15, 0.2) is 0 Å². The van der Waals surface area contributed by atoms with Crippen LogP contribution in [0, 0.1) is 0 Å². The van der Waals surface area contributed by atoms with Crippen LogP contribution in [0.2, 0.25) is 0 Å². The molecule has 0 saturated heterocycles. The topological polar surface area (TPSA) is 75.3 Å². The van der Waals surface area contributed by atoms with Crippen LogP contribution in [-0.4, -0.2) is 79.0 Å². The lowest BCUT2D eigenvalue weighted by atomic mass is 10.3. The summed E-state index contributed by atoms with van der Waals surface area (Å²) in [5.74, 6) is -0.309. The summed E-state index contributed by atoms with van der Waals surface area (Å²) in [5, 5.41) is 3.08. The van der Waals surface area contributed by atoms with Crippen molar-refractivity contribution in [2.24, 2.45) is 0 Å². The van der Waals surface area contributed by atoms with Crippen LogP contribution in [0.15, 0.2) is 0 Å². The first-order valence-corrected chi connectivity index (χ1v) is 7.29. The Balaban J connectivity index is 3.46. The lowest BCUT2D eigenvalue weighted by Crippen LogP contribution is -2.42. The molecule has 0 bridgehead atoms. The number of rotatable bonds is 15. The SMILES string of the molecule is CCCNC(COCCOCCOCCOC)C(=O)OC. The van der Waals surface area contributed by atoms with Crippen molar-refractivity contribution in [1.82, 2.24) is 5.32 Å². The lowest BCUT2D eigenvalue weighted by Gasteiger charge is -2.16. The van der Waals surface area contributed by atoms with E-state index in [-0.39, 0.29) is 12.6 Å². The van der Waals surface area contributed by atoms with Crippen molar-refractivity contribution in [2.75, 3.05) is 67.0 Å². The van der Waals surface area contributed by atoms with E-state index in [9.17, 15) is 4.79 Å². The summed E-state index contributed by atoms with van der Waals surface area (Å²) in [5.41, 5.74) is 0. The van der Waals surface area contributed by atoms with E-state index < -0.39 is 6.04 Å². The fraction of sp³-hybridized carbons (Fsp3) is 0.929. The maximum atomic E-state index is 11.5. The highest BCUT2D eigenvalue weighted by Crippen LogP contribution is 1.92. The fourth-order valence-electron chi connectivity index (χ4n) is 1.45. The Bertz CT molecular complexity index is 240. The van der Waals surface area contributed by atoms with Gasteiger partial charge in [-0.1, -0.05) is 6.92 Å². The normalized spacial score (nSPS) is 12.3. The van der Waals surface area contributed by atoms with Crippen molar-refractivity contribution in [1.29, 1.82) is 0 Å². The Labute approximate surface area is 127 Å². The molecule has 0 radical (unpaired) electrons. The third kappa shape index (κ3) is 12.7. The van der Waals surface area contributed by atoms with Gasteiger partial charge < -0.3 is 29.0 Å². The summed E-state index contributed by atoms with van der Waals surface area (Å²) < 4.78 is 25.6. The van der Waals surface area contributed by atoms with Gasteiger partial charge in [-0.3, -0.25) is 4.79 Å². The number of hydrogen-bond acceptors (Lipinski definition) is 7. The Morgan fingerprint density at radius 3 is 2.05 bits per heavy atom. The zero-order valence-corrected chi connectivity index (χ0v) is 13.4. The summed E-state index contributed by atoms with van der Waals surface area (Å²) in [4.78, 5) is 11.5. The van der Waals surface area contributed by atoms with E-state index in [1.165, 1.54) is 7.11 Å². The summed E-state index contributed by atoms with van der Waals surface area (Å²) in [6.45, 7) is 6.16. The summed E-state index contributed by atoms with van der Waals surface area (Å²) in [6, 6.07) is -0.424. The number of carbonyl (C=O) groups is 1. The average molecular weight is 307 g/mol. The molecule has 7 nitrogen and oxygen atoms in total. The predicted molar refractivity (Wildman–Crippen MR) is 78.4 cm³/mol. The smallest absolute Gasteiger partial charge is 0.325 e. The van der Waals surface area contributed by atoms with Crippen LogP contribution in [0.1, 0.15) is 13.3 Å². The Hall–Kier alpha value is -0.730. The zero-order chi connectivity index (χ0) is 15.8. The number of hydrogen-bond donors (Lipinski definition) is 1. The van der Waals surface area contributed by atoms with Crippen LogP contribution in [0.3, 0.4) is 0 Å². The number of methoxy groups -OCH3 is 2. The Morgan fingerprint density at radius 2 is 1.52 bits per heavy atom. The minimum Gasteiger partial charge on any atom is -0.468 e. The fourth-order valence-corrected chi connectivity index (χ4v) is 1.45. The maximum absolute atomic E-state index is 11.5. The van der Waals surface area contributed by atoms with E-state index >= 15 is 0 Å². The van der Waals surface area contributed by atoms with E-state index in [1.807, 2.05) is 6.92 Å². The minimum atomic E-state index is -0.424. The zero-order valence-electron chi connectivity index (χ0n) is 13.4. The quantitative estimate of drug-likeness (QED) is 0.343. The van der Waals surface area contributed by atoms with Crippen molar-refractivity contribution >= 4 is 5.97 Å². The molecular formula is C14H29NO6. The van der Waals surface area contributed by atoms with Gasteiger partial charge in [0.2, 0.25) is 0 Å². The molecule has 1 atom stereocenters. The van der Waals surface area contributed by atoms with Crippen molar-refractivity contribution in [3.8, 4) is 0 Å². The van der Waals surface area contributed by atoms with E-state index in [2.05, 4.69) is 5.32 Å². The highest BCUT2D eigenvalue weighted by atomic mass is 16.6. The molecule has 0 aromatic heterocycles. The van der Waals surface area contributed by atoms with Crippen LogP contribution < -0.4 is 5.32 Å². The van der Waals surface area contributed by atoms with Crippen LogP contribution >= 0.6 is 0 Å². The van der Waals surface area contributed by atoms with Gasteiger partial charge in [0.1, 0.15) is 6.04 Å². The Kier molecular flexibility index (Phi) is 15.1. The highest BCUT2D eigenvalue weighted by molar-refractivity contribution is 5.75. The average Bonchev–Trinajstić information content (AvgIpc) is 2.51. The van der Waals surface area contributed by atoms with E-state index in [0.29, 0.717) is 39.6 Å². The van der Waals surface area contributed by atoms with Crippen molar-refractivity contribution in [2.45, 2.75) is 19.4 Å². The van der Waals surface area contributed by atoms with Gasteiger partial charge in [0, 0.05) is 7.11 Å². The molecule has 0 amide bonds. The van der Waals surface area contributed by atoms with Crippen LogP contribution in [0.4, 0.5) is 0 Å². The van der Waals surface area contributed by atoms with Crippen LogP contribution in [-0.2, 0) is 28.5 Å².